The Balaban J connectivity index is 0.00000158. The highest BCUT2D eigenvalue weighted by atomic mass is 19.4. The molecule has 1 saturated carbocycles. The predicted molar refractivity (Wildman–Crippen MR) is 159 cm³/mol. The lowest BCUT2D eigenvalue weighted by Gasteiger charge is -2.35. The topological polar surface area (TPSA) is 38.9 Å². The molecule has 1 heterocycles. The Kier molecular flexibility index (Phi) is 17.9. The molecular weight excluding hydrogens is 538 g/mol. The quantitative estimate of drug-likeness (QED) is 0.190. The number of halogens is 6. The molecule has 0 spiro atoms. The second kappa shape index (κ2) is 19.3. The van der Waals surface area contributed by atoms with Crippen LogP contribution in [0.4, 0.5) is 26.3 Å². The average Bonchev–Trinajstić information content (AvgIpc) is 3.44. The second-order valence-corrected chi connectivity index (χ2v) is 9.54. The number of pyridine rings is 1. The monoisotopic (exact) mass is 584 g/mol. The Labute approximate surface area is 242 Å². The first-order chi connectivity index (χ1) is 19.4. The van der Waals surface area contributed by atoms with E-state index in [2.05, 4.69) is 17.3 Å². The van der Waals surface area contributed by atoms with Gasteiger partial charge < -0.3 is 5.73 Å². The van der Waals surface area contributed by atoms with E-state index in [1.165, 1.54) is 7.05 Å². The van der Waals surface area contributed by atoms with Crippen molar-refractivity contribution in [2.45, 2.75) is 90.4 Å². The van der Waals surface area contributed by atoms with Gasteiger partial charge in [-0.25, -0.2) is 0 Å². The van der Waals surface area contributed by atoms with Crippen molar-refractivity contribution in [2.75, 3.05) is 7.05 Å². The number of rotatable bonds is 8. The lowest BCUT2D eigenvalue weighted by atomic mass is 9.70. The zero-order valence-electron chi connectivity index (χ0n) is 25.0. The van der Waals surface area contributed by atoms with Crippen LogP contribution in [0, 0.1) is 12.8 Å². The molecule has 0 radical (unpaired) electrons. The molecule has 3 rings (SSSR count). The molecule has 1 aliphatic rings. The molecule has 0 saturated heterocycles. The third-order valence-electron chi connectivity index (χ3n) is 6.48. The minimum absolute atomic E-state index is 0.290. The fraction of sp³-hybridized carbons (Fsp3) is 0.485. The Morgan fingerprint density at radius 2 is 1.59 bits per heavy atom. The van der Waals surface area contributed by atoms with E-state index in [4.69, 9.17) is 0 Å². The SMILES string of the molecule is C=C/C=C\C.CC.CN.Cc1cc(C(F)(F)F)cnc1C(/C=C/CC(F)(F)F)(Cc1ccccc1)CC1CCCC1. The highest BCUT2D eigenvalue weighted by Crippen LogP contribution is 2.43. The van der Waals surface area contributed by atoms with Gasteiger partial charge in [0.2, 0.25) is 0 Å². The van der Waals surface area contributed by atoms with Gasteiger partial charge in [-0.05, 0) is 56.8 Å². The summed E-state index contributed by atoms with van der Waals surface area (Å²) in [5.41, 5.74) is 4.39. The van der Waals surface area contributed by atoms with Gasteiger partial charge in [0.15, 0.2) is 0 Å². The van der Waals surface area contributed by atoms with Crippen molar-refractivity contribution >= 4 is 0 Å². The number of nitrogens with two attached hydrogens (primary N) is 1. The largest absolute Gasteiger partial charge is 0.417 e. The molecule has 41 heavy (non-hydrogen) atoms. The van der Waals surface area contributed by atoms with E-state index in [-0.39, 0.29) is 5.92 Å². The molecular formula is C33H46F6N2. The summed E-state index contributed by atoms with van der Waals surface area (Å²) < 4.78 is 78.5. The highest BCUT2D eigenvalue weighted by molar-refractivity contribution is 5.38. The summed E-state index contributed by atoms with van der Waals surface area (Å²) in [6.07, 6.45) is 4.01. The number of aromatic nitrogens is 1. The standard InChI is InChI=1S/C25H27F6N.C5H8.C2H6.CH5N/c1-18-14-21(25(29,30)31)17-32-22(18)23(12-7-13-24(26,27)28,16-20-10-5-6-11-20)15-19-8-3-2-4-9-19;1-3-5-4-2;2*1-2/h2-4,7-9,12,14,17,20H,5-6,10-11,13,15-16H2,1H3;3-5H,1H2,2H3;1-2H3;2H2,1H3/b12-7+;5-4-;;. The predicted octanol–water partition coefficient (Wildman–Crippen LogP) is 10.3. The summed E-state index contributed by atoms with van der Waals surface area (Å²) >= 11 is 0. The van der Waals surface area contributed by atoms with E-state index < -0.39 is 29.8 Å². The van der Waals surface area contributed by atoms with E-state index >= 15 is 0 Å². The van der Waals surface area contributed by atoms with Gasteiger partial charge >= 0.3 is 12.4 Å². The average molecular weight is 585 g/mol. The smallest absolute Gasteiger partial charge is 0.333 e. The maximum Gasteiger partial charge on any atom is 0.417 e. The molecule has 1 unspecified atom stereocenters. The van der Waals surface area contributed by atoms with Crippen molar-refractivity contribution in [3.05, 3.63) is 102 Å². The summed E-state index contributed by atoms with van der Waals surface area (Å²) in [4.78, 5) is 4.22. The lowest BCUT2D eigenvalue weighted by molar-refractivity contribution is -0.138. The number of benzene rings is 1. The third-order valence-corrected chi connectivity index (χ3v) is 6.48. The van der Waals surface area contributed by atoms with Crippen LogP contribution in [-0.2, 0) is 18.0 Å². The van der Waals surface area contributed by atoms with Crippen LogP contribution in [-0.4, -0.2) is 18.2 Å². The second-order valence-electron chi connectivity index (χ2n) is 9.54. The van der Waals surface area contributed by atoms with E-state index in [9.17, 15) is 26.3 Å². The van der Waals surface area contributed by atoms with Gasteiger partial charge in [-0.15, -0.1) is 0 Å². The number of allylic oxidation sites excluding steroid dienone is 5. The van der Waals surface area contributed by atoms with Crippen LogP contribution in [0.15, 0.2) is 79.6 Å². The first-order valence-electron chi connectivity index (χ1n) is 14.0. The van der Waals surface area contributed by atoms with Crippen LogP contribution in [0.1, 0.15) is 81.7 Å². The molecule has 2 nitrogen and oxygen atoms in total. The van der Waals surface area contributed by atoms with Crippen LogP contribution in [0.2, 0.25) is 0 Å². The molecule has 1 aromatic carbocycles. The van der Waals surface area contributed by atoms with E-state index in [0.717, 1.165) is 49.6 Å². The van der Waals surface area contributed by atoms with E-state index in [1.54, 1.807) is 19.1 Å². The normalized spacial score (nSPS) is 15.2. The number of hydrogen-bond donors (Lipinski definition) is 1. The van der Waals surface area contributed by atoms with Crippen molar-refractivity contribution in [3.63, 3.8) is 0 Å². The number of nitrogens with zero attached hydrogens (tertiary/aromatic N) is 1. The fourth-order valence-electron chi connectivity index (χ4n) is 4.95. The number of alkyl halides is 6. The highest BCUT2D eigenvalue weighted by Gasteiger charge is 2.38. The summed E-state index contributed by atoms with van der Waals surface area (Å²) in [7, 11) is 1.50. The molecule has 0 aliphatic heterocycles. The lowest BCUT2D eigenvalue weighted by Crippen LogP contribution is -2.32. The first kappa shape index (κ1) is 38.1. The summed E-state index contributed by atoms with van der Waals surface area (Å²) in [6.45, 7) is 11.0. The Morgan fingerprint density at radius 1 is 1.00 bits per heavy atom. The summed E-state index contributed by atoms with van der Waals surface area (Å²) in [6, 6.07) is 10.4. The molecule has 2 aromatic rings. The zero-order chi connectivity index (χ0) is 31.5. The van der Waals surface area contributed by atoms with E-state index in [0.29, 0.717) is 24.1 Å². The van der Waals surface area contributed by atoms with Gasteiger partial charge in [0.1, 0.15) is 0 Å². The van der Waals surface area contributed by atoms with Gasteiger partial charge in [0.05, 0.1) is 17.7 Å². The molecule has 0 amide bonds. The molecule has 1 atom stereocenters. The van der Waals surface area contributed by atoms with Gasteiger partial charge in [0, 0.05) is 11.6 Å². The maximum atomic E-state index is 13.2. The van der Waals surface area contributed by atoms with Gasteiger partial charge in [-0.1, -0.05) is 107 Å². The molecule has 230 valence electrons. The van der Waals surface area contributed by atoms with Crippen LogP contribution < -0.4 is 5.73 Å². The molecule has 1 fully saturated rings. The van der Waals surface area contributed by atoms with Crippen molar-refractivity contribution < 1.29 is 26.3 Å². The van der Waals surface area contributed by atoms with Crippen molar-refractivity contribution in [1.82, 2.24) is 4.98 Å². The maximum absolute atomic E-state index is 13.2. The molecule has 2 N–H and O–H groups in total. The minimum Gasteiger partial charge on any atom is -0.333 e. The minimum atomic E-state index is -4.53. The van der Waals surface area contributed by atoms with Gasteiger partial charge in [-0.2, -0.15) is 26.3 Å². The molecule has 1 aliphatic carbocycles. The molecule has 8 heteroatoms. The molecule has 1 aromatic heterocycles. The van der Waals surface area contributed by atoms with E-state index in [1.807, 2.05) is 63.3 Å². The Morgan fingerprint density at radius 3 is 2.02 bits per heavy atom. The van der Waals surface area contributed by atoms with Crippen molar-refractivity contribution in [1.29, 1.82) is 0 Å². The van der Waals surface area contributed by atoms with Crippen LogP contribution in [0.25, 0.3) is 0 Å². The van der Waals surface area contributed by atoms with Crippen molar-refractivity contribution in [3.8, 4) is 0 Å². The summed E-state index contributed by atoms with van der Waals surface area (Å²) in [5.74, 6) is 0.290. The van der Waals surface area contributed by atoms with Crippen LogP contribution in [0.5, 0.6) is 0 Å². The number of hydrogen-bond acceptors (Lipinski definition) is 2. The third kappa shape index (κ3) is 14.0. The summed E-state index contributed by atoms with van der Waals surface area (Å²) in [5, 5.41) is 0. The zero-order valence-corrected chi connectivity index (χ0v) is 25.0. The van der Waals surface area contributed by atoms with Crippen LogP contribution in [0.3, 0.4) is 0 Å². The van der Waals surface area contributed by atoms with Gasteiger partial charge in [-0.3, -0.25) is 4.98 Å². The fourth-order valence-corrected chi connectivity index (χ4v) is 4.95. The van der Waals surface area contributed by atoms with Crippen molar-refractivity contribution in [2.24, 2.45) is 11.7 Å². The van der Waals surface area contributed by atoms with Gasteiger partial charge in [0.25, 0.3) is 0 Å². The molecule has 0 bridgehead atoms. The Bertz CT molecular complexity index is 1040. The Hall–Kier alpha value is -2.87. The number of aryl methyl sites for hydroxylation is 1. The van der Waals surface area contributed by atoms with Crippen LogP contribution >= 0.6 is 0 Å². The first-order valence-corrected chi connectivity index (χ1v) is 14.0.